The third-order valence-corrected chi connectivity index (χ3v) is 6.29. The second kappa shape index (κ2) is 6.81. The van der Waals surface area contributed by atoms with Crippen LogP contribution in [0, 0.1) is 23.7 Å². The lowest BCUT2D eigenvalue weighted by molar-refractivity contribution is -0.207. The van der Waals surface area contributed by atoms with Crippen LogP contribution in [0.2, 0.25) is 0 Å². The first-order valence-corrected chi connectivity index (χ1v) is 9.80. The SMILES string of the molecule is CCOC1C2CCCCC2C(OC(C)(C)C)C2CCCCC21. The molecule has 0 amide bonds. The van der Waals surface area contributed by atoms with Crippen LogP contribution in [-0.4, -0.2) is 24.4 Å². The van der Waals surface area contributed by atoms with Gasteiger partial charge in [0.05, 0.1) is 17.8 Å². The third-order valence-electron chi connectivity index (χ3n) is 6.29. The van der Waals surface area contributed by atoms with E-state index in [1.165, 1.54) is 51.4 Å². The standard InChI is InChI=1S/C20H36O2/c1-5-21-18-14-10-6-8-12-16(14)19(22-20(2,3)4)17-13-9-7-11-15(17)18/h14-19H,5-13H2,1-4H3. The zero-order valence-corrected chi connectivity index (χ0v) is 15.1. The van der Waals surface area contributed by atoms with Gasteiger partial charge in [0, 0.05) is 6.61 Å². The number of ether oxygens (including phenoxy) is 2. The van der Waals surface area contributed by atoms with Crippen molar-refractivity contribution in [2.24, 2.45) is 23.7 Å². The van der Waals surface area contributed by atoms with Gasteiger partial charge in [-0.15, -0.1) is 0 Å². The Balaban J connectivity index is 1.87. The highest BCUT2D eigenvalue weighted by atomic mass is 16.5. The number of fused-ring (bicyclic) bond motifs is 2. The quantitative estimate of drug-likeness (QED) is 0.713. The summed E-state index contributed by atoms with van der Waals surface area (Å²) in [6.07, 6.45) is 12.0. The molecule has 3 saturated carbocycles. The fraction of sp³-hybridized carbons (Fsp3) is 1.00. The Kier molecular flexibility index (Phi) is 5.19. The van der Waals surface area contributed by atoms with E-state index in [9.17, 15) is 0 Å². The molecule has 2 nitrogen and oxygen atoms in total. The summed E-state index contributed by atoms with van der Waals surface area (Å²) in [6, 6.07) is 0. The normalized spacial score (nSPS) is 42.5. The van der Waals surface area contributed by atoms with Crippen molar-refractivity contribution in [1.82, 2.24) is 0 Å². The summed E-state index contributed by atoms with van der Waals surface area (Å²) in [5, 5.41) is 0. The second-order valence-electron chi connectivity index (χ2n) is 8.84. The Hall–Kier alpha value is -0.0800. The highest BCUT2D eigenvalue weighted by molar-refractivity contribution is 5.01. The molecule has 0 aromatic heterocycles. The van der Waals surface area contributed by atoms with Gasteiger partial charge in [0.15, 0.2) is 0 Å². The van der Waals surface area contributed by atoms with Crippen molar-refractivity contribution in [2.75, 3.05) is 6.61 Å². The Labute approximate surface area is 137 Å². The van der Waals surface area contributed by atoms with Crippen molar-refractivity contribution >= 4 is 0 Å². The molecule has 0 aromatic carbocycles. The minimum atomic E-state index is -0.0207. The van der Waals surface area contributed by atoms with Crippen LogP contribution in [0.3, 0.4) is 0 Å². The van der Waals surface area contributed by atoms with Crippen molar-refractivity contribution in [3.63, 3.8) is 0 Å². The fourth-order valence-corrected chi connectivity index (χ4v) is 5.67. The summed E-state index contributed by atoms with van der Waals surface area (Å²) >= 11 is 0. The highest BCUT2D eigenvalue weighted by Gasteiger charge is 2.52. The fourth-order valence-electron chi connectivity index (χ4n) is 5.67. The molecule has 3 rings (SSSR count). The van der Waals surface area contributed by atoms with Crippen LogP contribution >= 0.6 is 0 Å². The number of rotatable bonds is 3. The number of hydrogen-bond donors (Lipinski definition) is 0. The van der Waals surface area contributed by atoms with E-state index in [0.717, 1.165) is 30.3 Å². The molecule has 0 saturated heterocycles. The van der Waals surface area contributed by atoms with Crippen LogP contribution in [0.15, 0.2) is 0 Å². The van der Waals surface area contributed by atoms with Gasteiger partial charge in [0.25, 0.3) is 0 Å². The Morgan fingerprint density at radius 1 is 0.727 bits per heavy atom. The van der Waals surface area contributed by atoms with Crippen molar-refractivity contribution in [3.05, 3.63) is 0 Å². The zero-order valence-electron chi connectivity index (χ0n) is 15.1. The van der Waals surface area contributed by atoms with Gasteiger partial charge < -0.3 is 9.47 Å². The van der Waals surface area contributed by atoms with Gasteiger partial charge in [-0.2, -0.15) is 0 Å². The first kappa shape index (κ1) is 16.8. The summed E-state index contributed by atoms with van der Waals surface area (Å²) < 4.78 is 13.0. The van der Waals surface area contributed by atoms with Crippen LogP contribution in [0.25, 0.3) is 0 Å². The van der Waals surface area contributed by atoms with E-state index in [-0.39, 0.29) is 5.60 Å². The molecule has 3 aliphatic carbocycles. The van der Waals surface area contributed by atoms with Gasteiger partial charge in [-0.1, -0.05) is 25.7 Å². The molecule has 0 radical (unpaired) electrons. The molecule has 0 heterocycles. The van der Waals surface area contributed by atoms with Crippen molar-refractivity contribution in [3.8, 4) is 0 Å². The summed E-state index contributed by atoms with van der Waals surface area (Å²) in [4.78, 5) is 0. The summed E-state index contributed by atoms with van der Waals surface area (Å²) in [5.74, 6) is 2.98. The van der Waals surface area contributed by atoms with Crippen molar-refractivity contribution in [2.45, 2.75) is 96.9 Å². The lowest BCUT2D eigenvalue weighted by atomic mass is 9.56. The predicted octanol–water partition coefficient (Wildman–Crippen LogP) is 5.20. The smallest absolute Gasteiger partial charge is 0.0645 e. The van der Waals surface area contributed by atoms with E-state index in [1.807, 2.05) is 0 Å². The summed E-state index contributed by atoms with van der Waals surface area (Å²) in [7, 11) is 0. The van der Waals surface area contributed by atoms with Gasteiger partial charge in [-0.05, 0) is 77.0 Å². The maximum absolute atomic E-state index is 6.69. The Morgan fingerprint density at radius 3 is 1.50 bits per heavy atom. The van der Waals surface area contributed by atoms with Crippen LogP contribution < -0.4 is 0 Å². The molecule has 0 aliphatic heterocycles. The molecule has 2 heteroatoms. The third kappa shape index (κ3) is 3.38. The zero-order chi connectivity index (χ0) is 15.7. The highest BCUT2D eigenvalue weighted by Crippen LogP contribution is 2.53. The molecule has 0 spiro atoms. The molecule has 0 bridgehead atoms. The van der Waals surface area contributed by atoms with E-state index in [0.29, 0.717) is 12.2 Å². The minimum Gasteiger partial charge on any atom is -0.378 e. The van der Waals surface area contributed by atoms with E-state index in [1.54, 1.807) is 0 Å². The lowest BCUT2D eigenvalue weighted by Gasteiger charge is -2.55. The van der Waals surface area contributed by atoms with E-state index >= 15 is 0 Å². The first-order valence-electron chi connectivity index (χ1n) is 9.80. The van der Waals surface area contributed by atoms with Gasteiger partial charge in [-0.25, -0.2) is 0 Å². The van der Waals surface area contributed by atoms with E-state index in [4.69, 9.17) is 9.47 Å². The first-order chi connectivity index (χ1) is 10.5. The maximum Gasteiger partial charge on any atom is 0.0645 e. The molecule has 4 unspecified atom stereocenters. The summed E-state index contributed by atoms with van der Waals surface area (Å²) in [6.45, 7) is 9.75. The molecule has 0 aromatic rings. The topological polar surface area (TPSA) is 18.5 Å². The van der Waals surface area contributed by atoms with E-state index in [2.05, 4.69) is 27.7 Å². The Bertz CT molecular complexity index is 335. The van der Waals surface area contributed by atoms with Gasteiger partial charge in [0.1, 0.15) is 0 Å². The number of hydrogen-bond acceptors (Lipinski definition) is 2. The van der Waals surface area contributed by atoms with E-state index < -0.39 is 0 Å². The van der Waals surface area contributed by atoms with Crippen LogP contribution in [0.5, 0.6) is 0 Å². The monoisotopic (exact) mass is 308 g/mol. The molecule has 3 aliphatic rings. The van der Waals surface area contributed by atoms with Crippen LogP contribution in [-0.2, 0) is 9.47 Å². The molecular weight excluding hydrogens is 272 g/mol. The van der Waals surface area contributed by atoms with Crippen molar-refractivity contribution < 1.29 is 9.47 Å². The average Bonchev–Trinajstić information content (AvgIpc) is 2.49. The minimum absolute atomic E-state index is 0.0207. The van der Waals surface area contributed by atoms with Crippen LogP contribution in [0.4, 0.5) is 0 Å². The molecule has 3 fully saturated rings. The second-order valence-corrected chi connectivity index (χ2v) is 8.84. The molecule has 128 valence electrons. The molecular formula is C20H36O2. The average molecular weight is 309 g/mol. The van der Waals surface area contributed by atoms with Gasteiger partial charge in [-0.3, -0.25) is 0 Å². The maximum atomic E-state index is 6.69. The molecule has 4 atom stereocenters. The van der Waals surface area contributed by atoms with Gasteiger partial charge in [0.2, 0.25) is 0 Å². The van der Waals surface area contributed by atoms with Crippen molar-refractivity contribution in [1.29, 1.82) is 0 Å². The predicted molar refractivity (Wildman–Crippen MR) is 90.9 cm³/mol. The molecule has 0 N–H and O–H groups in total. The van der Waals surface area contributed by atoms with Crippen LogP contribution in [0.1, 0.15) is 79.1 Å². The summed E-state index contributed by atoms with van der Waals surface area (Å²) in [5.41, 5.74) is -0.0207. The van der Waals surface area contributed by atoms with Gasteiger partial charge >= 0.3 is 0 Å². The largest absolute Gasteiger partial charge is 0.378 e. The Morgan fingerprint density at radius 2 is 1.14 bits per heavy atom. The lowest BCUT2D eigenvalue weighted by Crippen LogP contribution is -2.57. The molecule has 22 heavy (non-hydrogen) atoms.